The van der Waals surface area contributed by atoms with Gasteiger partial charge in [-0.1, -0.05) is 60.7 Å². The first-order valence-electron chi connectivity index (χ1n) is 30.7. The average Bonchev–Trinajstić information content (AvgIpc) is 1.34. The van der Waals surface area contributed by atoms with Crippen LogP contribution in [-0.4, -0.2) is 199 Å². The molecule has 1 unspecified atom stereocenters. The number of benzene rings is 2. The fourth-order valence-electron chi connectivity index (χ4n) is 9.70. The molecular formula is C59H87N19O16. The van der Waals surface area contributed by atoms with Crippen LogP contribution >= 0.6 is 0 Å². The van der Waals surface area contributed by atoms with Crippen LogP contribution in [-0.2, 0) is 80.0 Å². The van der Waals surface area contributed by atoms with Crippen LogP contribution in [0.1, 0.15) is 101 Å². The summed E-state index contributed by atoms with van der Waals surface area (Å²) in [4.78, 5) is 194. The summed E-state index contributed by atoms with van der Waals surface area (Å²) in [6, 6.07) is 4.29. The van der Waals surface area contributed by atoms with Crippen LogP contribution in [0.3, 0.4) is 0 Å². The van der Waals surface area contributed by atoms with E-state index in [4.69, 9.17) is 28.7 Å². The van der Waals surface area contributed by atoms with Crippen molar-refractivity contribution in [3.05, 3.63) is 71.8 Å². The van der Waals surface area contributed by atoms with Crippen LogP contribution < -0.4 is 92.5 Å². The van der Waals surface area contributed by atoms with Crippen LogP contribution in [0.5, 0.6) is 0 Å². The Balaban J connectivity index is 1.39. The number of nitrogens with zero attached hydrogens (tertiary/aromatic N) is 2. The van der Waals surface area contributed by atoms with Gasteiger partial charge in [-0.2, -0.15) is 0 Å². The van der Waals surface area contributed by atoms with Gasteiger partial charge < -0.3 is 103 Å². The largest absolute Gasteiger partial charge is 0.481 e. The van der Waals surface area contributed by atoms with E-state index in [2.05, 4.69) is 73.8 Å². The van der Waals surface area contributed by atoms with Gasteiger partial charge in [0.2, 0.25) is 70.9 Å². The van der Waals surface area contributed by atoms with Crippen molar-refractivity contribution in [3.8, 4) is 0 Å². The molecule has 0 saturated carbocycles. The minimum Gasteiger partial charge on any atom is -0.481 e. The standard InChI is InChI=1S/C59H87N19O16/c60-35(49(86)66-24-10-8-18-39-53(90)74-37(20-12-26-68-59(63)64)51(88)70-32-46(81)72-43(30-48(84)85)57(94)78-41(55(92)76-39)28-34-15-5-2-6-16-34)21-22-44(79)65-23-9-7-17-38-52(89)73-36(19-11-25-67-58(61)62)50(87)69-31-45(80)71-42(29-47(82)83)56(93)77-40(54(91)75-38)27-33-13-3-1-4-14-33/h1-6,13-16,35-43H,7-12,17-32,60H2,(H,65,79)(H,66,86)(H,69,87)(H,70,88)(H,71,80)(H,72,81)(H,73,89)(H,74,90)(H,75,91)(H,76,92)(H,77,93)(H,78,94)(H,82,83)(H,84,85)(H4,61,62,67)(H4,63,64,68)/t35?,36-,37-,38-,39-,40+,41+,42-,43-/m0/s1. The maximum absolute atomic E-state index is 14.1. The summed E-state index contributed by atoms with van der Waals surface area (Å²) in [5.74, 6) is -13.4. The predicted molar refractivity (Wildman–Crippen MR) is 337 cm³/mol. The molecule has 2 aliphatic rings. The molecule has 514 valence electrons. The van der Waals surface area contributed by atoms with Crippen molar-refractivity contribution in [2.75, 3.05) is 39.3 Å². The van der Waals surface area contributed by atoms with Gasteiger partial charge in [-0.3, -0.25) is 77.1 Å². The molecule has 2 aliphatic heterocycles. The van der Waals surface area contributed by atoms with Gasteiger partial charge in [-0.05, 0) is 81.8 Å². The van der Waals surface area contributed by atoms with Gasteiger partial charge in [0, 0.05) is 45.4 Å². The number of hydrogen-bond acceptors (Lipinski definition) is 17. The zero-order chi connectivity index (χ0) is 69.1. The van der Waals surface area contributed by atoms with Crippen molar-refractivity contribution >= 4 is 94.7 Å². The summed E-state index contributed by atoms with van der Waals surface area (Å²) >= 11 is 0. The summed E-state index contributed by atoms with van der Waals surface area (Å²) in [5, 5.41) is 49.5. The van der Waals surface area contributed by atoms with E-state index in [1.165, 1.54) is 0 Å². The second kappa shape index (κ2) is 40.4. The van der Waals surface area contributed by atoms with E-state index >= 15 is 0 Å². The molecule has 2 saturated heterocycles. The molecule has 4 rings (SSSR count). The Hall–Kier alpha value is -10.5. The predicted octanol–water partition coefficient (Wildman–Crippen LogP) is -6.65. The first kappa shape index (κ1) is 76.0. The second-order valence-corrected chi connectivity index (χ2v) is 22.3. The van der Waals surface area contributed by atoms with Crippen molar-refractivity contribution in [3.63, 3.8) is 0 Å². The third-order valence-electron chi connectivity index (χ3n) is 14.6. The number of unbranched alkanes of at least 4 members (excludes halogenated alkanes) is 2. The Labute approximate surface area is 541 Å². The Bertz CT molecular complexity index is 3020. The van der Waals surface area contributed by atoms with Gasteiger partial charge in [-0.25, -0.2) is 0 Å². The molecule has 0 spiro atoms. The summed E-state index contributed by atoms with van der Waals surface area (Å²) in [7, 11) is 0. The number of aliphatic imine (C=N–C) groups is 2. The number of nitrogens with two attached hydrogens (primary N) is 5. The highest BCUT2D eigenvalue weighted by molar-refractivity contribution is 6.00. The third-order valence-corrected chi connectivity index (χ3v) is 14.6. The monoisotopic (exact) mass is 1320 g/mol. The maximum Gasteiger partial charge on any atom is 0.305 e. The van der Waals surface area contributed by atoms with Crippen LogP contribution in [0.25, 0.3) is 0 Å². The number of rotatable bonds is 30. The molecule has 2 fully saturated rings. The highest BCUT2D eigenvalue weighted by Gasteiger charge is 2.36. The molecule has 2 aromatic rings. The number of carbonyl (C=O) groups excluding carboxylic acids is 12. The van der Waals surface area contributed by atoms with E-state index < -0.39 is 163 Å². The van der Waals surface area contributed by atoms with Gasteiger partial charge in [0.05, 0.1) is 32.0 Å². The fraction of sp³-hybridized carbons (Fsp3) is 0.525. The van der Waals surface area contributed by atoms with Crippen molar-refractivity contribution in [1.29, 1.82) is 0 Å². The lowest BCUT2D eigenvalue weighted by atomic mass is 10.0. The van der Waals surface area contributed by atoms with Gasteiger partial charge in [0.1, 0.15) is 48.3 Å². The minimum atomic E-state index is -1.68. The fourth-order valence-corrected chi connectivity index (χ4v) is 9.70. The lowest BCUT2D eigenvalue weighted by molar-refractivity contribution is -0.141. The van der Waals surface area contributed by atoms with Gasteiger partial charge in [0.15, 0.2) is 11.9 Å². The molecule has 12 amide bonds. The molecule has 2 heterocycles. The van der Waals surface area contributed by atoms with E-state index in [1.807, 2.05) is 0 Å². The summed E-state index contributed by atoms with van der Waals surface area (Å²) in [5.41, 5.74) is 29.1. The zero-order valence-corrected chi connectivity index (χ0v) is 51.9. The van der Waals surface area contributed by atoms with Gasteiger partial charge in [-0.15, -0.1) is 0 Å². The topological polar surface area (TPSA) is 579 Å². The number of carboxylic acid groups (broad SMARTS) is 2. The highest BCUT2D eigenvalue weighted by Crippen LogP contribution is 2.13. The molecule has 0 aromatic heterocycles. The first-order valence-corrected chi connectivity index (χ1v) is 30.7. The Morgan fingerprint density at radius 3 is 1.17 bits per heavy atom. The molecule has 94 heavy (non-hydrogen) atoms. The van der Waals surface area contributed by atoms with Crippen LogP contribution in [0.15, 0.2) is 70.6 Å². The van der Waals surface area contributed by atoms with Gasteiger partial charge in [0.25, 0.3) is 0 Å². The lowest BCUT2D eigenvalue weighted by Crippen LogP contribution is -2.58. The number of hydrogen-bond donors (Lipinski definition) is 19. The summed E-state index contributed by atoms with van der Waals surface area (Å²) in [6.45, 7) is -1.22. The van der Waals surface area contributed by atoms with E-state index in [0.29, 0.717) is 11.1 Å². The summed E-state index contributed by atoms with van der Waals surface area (Å²) in [6.07, 6.45) is -1.32. The second-order valence-electron chi connectivity index (χ2n) is 22.3. The quantitative estimate of drug-likeness (QED) is 0.0196. The number of nitrogens with one attached hydrogen (secondary N) is 12. The smallest absolute Gasteiger partial charge is 0.305 e. The van der Waals surface area contributed by atoms with Crippen molar-refractivity contribution in [1.82, 2.24) is 63.8 Å². The number of carbonyl (C=O) groups is 14. The highest BCUT2D eigenvalue weighted by atomic mass is 16.4. The third kappa shape index (κ3) is 29.2. The molecule has 0 bridgehead atoms. The molecule has 0 aliphatic carbocycles. The Morgan fingerprint density at radius 1 is 0.447 bits per heavy atom. The number of carboxylic acids is 2. The SMILES string of the molecule is NC(N)=NCCC[C@@H]1NC(=O)[C@H](CCCCNC(=O)CCC(N)C(=O)NCCCC[C@@H]2NC(=O)[C@@H](Cc3ccccc3)NC(=O)[C@H](CC(=O)O)NC(=O)CNC(=O)[C@H](CCCN=C(N)N)NC2=O)NC(=O)[C@@H](Cc2ccccc2)NC(=O)[C@H](CC(=O)O)NC(=O)CNC1=O. The maximum atomic E-state index is 14.1. The Morgan fingerprint density at radius 2 is 0.787 bits per heavy atom. The van der Waals surface area contributed by atoms with E-state index in [9.17, 15) is 77.3 Å². The van der Waals surface area contributed by atoms with Crippen LogP contribution in [0, 0.1) is 0 Å². The van der Waals surface area contributed by atoms with Crippen molar-refractivity contribution in [2.24, 2.45) is 38.7 Å². The molecule has 24 N–H and O–H groups in total. The average molecular weight is 1320 g/mol. The molecule has 35 heteroatoms. The normalized spacial score (nSPS) is 21.5. The molecule has 0 radical (unpaired) electrons. The van der Waals surface area contributed by atoms with Crippen LogP contribution in [0.4, 0.5) is 0 Å². The number of aliphatic carboxylic acids is 2. The first-order chi connectivity index (χ1) is 44.8. The molecule has 35 nitrogen and oxygen atoms in total. The molecule has 2 aromatic carbocycles. The van der Waals surface area contributed by atoms with E-state index in [-0.39, 0.29) is 128 Å². The van der Waals surface area contributed by atoms with E-state index in [1.54, 1.807) is 60.7 Å². The zero-order valence-electron chi connectivity index (χ0n) is 51.9. The van der Waals surface area contributed by atoms with Crippen LogP contribution in [0.2, 0.25) is 0 Å². The number of amides is 12. The van der Waals surface area contributed by atoms with Crippen molar-refractivity contribution < 1.29 is 77.3 Å². The Kier molecular flexibility index (Phi) is 32.6. The van der Waals surface area contributed by atoms with E-state index in [0.717, 1.165) is 0 Å². The van der Waals surface area contributed by atoms with Gasteiger partial charge >= 0.3 is 11.9 Å². The molecule has 9 atom stereocenters. The summed E-state index contributed by atoms with van der Waals surface area (Å²) < 4.78 is 0. The molecular weight excluding hydrogens is 1230 g/mol. The lowest BCUT2D eigenvalue weighted by Gasteiger charge is -2.26. The van der Waals surface area contributed by atoms with Crippen molar-refractivity contribution in [2.45, 2.75) is 157 Å². The number of guanidine groups is 2. The minimum absolute atomic E-state index is 0.0241.